The third-order valence-corrected chi connectivity index (χ3v) is 5.39. The first-order valence-electron chi connectivity index (χ1n) is 8.58. The number of carbonyl (C=O) groups excluding carboxylic acids is 1. The minimum Gasteiger partial charge on any atom is -0.378 e. The maximum atomic E-state index is 12.6. The number of rotatable bonds is 5. The van der Waals surface area contributed by atoms with Crippen LogP contribution >= 0.6 is 0 Å². The third kappa shape index (κ3) is 4.81. The Bertz CT molecular complexity index is 926. The lowest BCUT2D eigenvalue weighted by Crippen LogP contribution is -2.47. The minimum atomic E-state index is -3.64. The van der Waals surface area contributed by atoms with E-state index in [2.05, 4.69) is 9.97 Å². The van der Waals surface area contributed by atoms with Crippen LogP contribution in [0.25, 0.3) is 11.3 Å². The van der Waals surface area contributed by atoms with E-state index in [1.807, 2.05) is 6.07 Å². The van der Waals surface area contributed by atoms with E-state index < -0.39 is 10.0 Å². The number of sulfonamides is 1. The molecule has 0 bridgehead atoms. The van der Waals surface area contributed by atoms with Gasteiger partial charge in [0.15, 0.2) is 0 Å². The highest BCUT2D eigenvalue weighted by Gasteiger charge is 2.25. The van der Waals surface area contributed by atoms with Gasteiger partial charge in [0.05, 0.1) is 30.9 Å². The molecule has 1 aliphatic rings. The molecule has 144 valence electrons. The largest absolute Gasteiger partial charge is 0.378 e. The van der Waals surface area contributed by atoms with Gasteiger partial charge in [-0.25, -0.2) is 18.4 Å². The summed E-state index contributed by atoms with van der Waals surface area (Å²) in [7, 11) is -3.64. The standard InChI is InChI=1S/C18H22N4O4S/c1-14-19-7-6-17(20-14)15-4-3-5-16(12-15)22(27(2,24)25)13-18(23)21-8-10-26-11-9-21/h3-7,12H,8-11,13H2,1-2H3. The Kier molecular flexibility index (Phi) is 5.71. The van der Waals surface area contributed by atoms with Crippen molar-refractivity contribution in [1.82, 2.24) is 14.9 Å². The molecule has 1 aromatic carbocycles. The van der Waals surface area contributed by atoms with Crippen LogP contribution in [0.5, 0.6) is 0 Å². The summed E-state index contributed by atoms with van der Waals surface area (Å²) in [5.74, 6) is 0.382. The molecule has 2 aromatic rings. The summed E-state index contributed by atoms with van der Waals surface area (Å²) in [6.07, 6.45) is 2.75. The monoisotopic (exact) mass is 390 g/mol. The number of carbonyl (C=O) groups is 1. The van der Waals surface area contributed by atoms with Gasteiger partial charge in [-0.3, -0.25) is 9.10 Å². The minimum absolute atomic E-state index is 0.244. The highest BCUT2D eigenvalue weighted by Crippen LogP contribution is 2.25. The number of morpholine rings is 1. The molecule has 0 spiro atoms. The third-order valence-electron chi connectivity index (χ3n) is 4.25. The molecule has 3 rings (SSSR count). The van der Waals surface area contributed by atoms with Crippen molar-refractivity contribution in [1.29, 1.82) is 0 Å². The van der Waals surface area contributed by atoms with Gasteiger partial charge in [-0.05, 0) is 25.1 Å². The van der Waals surface area contributed by atoms with Gasteiger partial charge in [0.1, 0.15) is 12.4 Å². The number of benzene rings is 1. The maximum absolute atomic E-state index is 12.6. The van der Waals surface area contributed by atoms with Crippen LogP contribution in [0.4, 0.5) is 5.69 Å². The molecule has 1 fully saturated rings. The van der Waals surface area contributed by atoms with Crippen molar-refractivity contribution in [2.45, 2.75) is 6.92 Å². The lowest BCUT2D eigenvalue weighted by molar-refractivity contribution is -0.133. The van der Waals surface area contributed by atoms with Crippen molar-refractivity contribution in [2.75, 3.05) is 43.4 Å². The lowest BCUT2D eigenvalue weighted by atomic mass is 10.1. The van der Waals surface area contributed by atoms with Crippen LogP contribution in [0, 0.1) is 6.92 Å². The Labute approximate surface area is 158 Å². The number of nitrogens with zero attached hydrogens (tertiary/aromatic N) is 4. The molecule has 0 atom stereocenters. The van der Waals surface area contributed by atoms with Crippen molar-refractivity contribution in [3.63, 3.8) is 0 Å². The molecule has 0 saturated carbocycles. The van der Waals surface area contributed by atoms with Gasteiger partial charge >= 0.3 is 0 Å². The molecule has 1 aliphatic heterocycles. The molecular weight excluding hydrogens is 368 g/mol. The SMILES string of the molecule is Cc1nccc(-c2cccc(N(CC(=O)N3CCOCC3)S(C)(=O)=O)c2)n1. The van der Waals surface area contributed by atoms with Crippen molar-refractivity contribution in [3.8, 4) is 11.3 Å². The molecule has 1 saturated heterocycles. The second-order valence-electron chi connectivity index (χ2n) is 6.30. The number of ether oxygens (including phenoxy) is 1. The van der Waals surface area contributed by atoms with Crippen LogP contribution in [0.1, 0.15) is 5.82 Å². The van der Waals surface area contributed by atoms with Gasteiger partial charge < -0.3 is 9.64 Å². The Morgan fingerprint density at radius 1 is 1.26 bits per heavy atom. The van der Waals surface area contributed by atoms with Gasteiger partial charge in [-0.2, -0.15) is 0 Å². The fourth-order valence-electron chi connectivity index (χ4n) is 2.87. The summed E-state index contributed by atoms with van der Waals surface area (Å²) in [6, 6.07) is 8.74. The van der Waals surface area contributed by atoms with Crippen LogP contribution in [-0.2, 0) is 19.6 Å². The lowest BCUT2D eigenvalue weighted by Gasteiger charge is -2.30. The summed E-state index contributed by atoms with van der Waals surface area (Å²) in [5, 5.41) is 0. The number of aryl methyl sites for hydroxylation is 1. The molecule has 27 heavy (non-hydrogen) atoms. The topological polar surface area (TPSA) is 92.7 Å². The predicted octanol–water partition coefficient (Wildman–Crippen LogP) is 1.08. The number of anilines is 1. The van der Waals surface area contributed by atoms with Crippen molar-refractivity contribution in [3.05, 3.63) is 42.4 Å². The molecule has 9 heteroatoms. The van der Waals surface area contributed by atoms with Crippen LogP contribution < -0.4 is 4.31 Å². The molecule has 1 aromatic heterocycles. The van der Waals surface area contributed by atoms with E-state index in [4.69, 9.17) is 4.74 Å². The zero-order chi connectivity index (χ0) is 19.4. The molecule has 0 radical (unpaired) electrons. The number of hydrogen-bond donors (Lipinski definition) is 0. The van der Waals surface area contributed by atoms with Crippen LogP contribution in [0.2, 0.25) is 0 Å². The molecule has 2 heterocycles. The molecular formula is C18H22N4O4S. The zero-order valence-corrected chi connectivity index (χ0v) is 16.1. The smallest absolute Gasteiger partial charge is 0.243 e. The van der Waals surface area contributed by atoms with Crippen LogP contribution in [0.3, 0.4) is 0 Å². The fourth-order valence-corrected chi connectivity index (χ4v) is 3.71. The highest BCUT2D eigenvalue weighted by atomic mass is 32.2. The number of amides is 1. The van der Waals surface area contributed by atoms with Crippen LogP contribution in [0.15, 0.2) is 36.5 Å². The van der Waals surface area contributed by atoms with E-state index in [1.54, 1.807) is 42.3 Å². The maximum Gasteiger partial charge on any atom is 0.243 e. The van der Waals surface area contributed by atoms with E-state index in [9.17, 15) is 13.2 Å². The van der Waals surface area contributed by atoms with Gasteiger partial charge in [0.25, 0.3) is 0 Å². The first kappa shape index (κ1) is 19.2. The highest BCUT2D eigenvalue weighted by molar-refractivity contribution is 7.92. The van der Waals surface area contributed by atoms with E-state index in [1.165, 1.54) is 0 Å². The molecule has 8 nitrogen and oxygen atoms in total. The first-order valence-corrected chi connectivity index (χ1v) is 10.4. The van der Waals surface area contributed by atoms with Gasteiger partial charge in [-0.15, -0.1) is 0 Å². The molecule has 1 amide bonds. The Balaban J connectivity index is 1.89. The number of aromatic nitrogens is 2. The Morgan fingerprint density at radius 3 is 2.67 bits per heavy atom. The Hall–Kier alpha value is -2.52. The van der Waals surface area contributed by atoms with E-state index in [-0.39, 0.29) is 12.5 Å². The fraction of sp³-hybridized carbons (Fsp3) is 0.389. The van der Waals surface area contributed by atoms with Gasteiger partial charge in [-0.1, -0.05) is 12.1 Å². The van der Waals surface area contributed by atoms with Gasteiger partial charge in [0.2, 0.25) is 15.9 Å². The van der Waals surface area contributed by atoms with Crippen LogP contribution in [-0.4, -0.2) is 68.3 Å². The van der Waals surface area contributed by atoms with E-state index in [0.29, 0.717) is 43.5 Å². The van der Waals surface area contributed by atoms with Crippen molar-refractivity contribution in [2.24, 2.45) is 0 Å². The average molecular weight is 390 g/mol. The normalized spacial score (nSPS) is 14.8. The number of hydrogen-bond acceptors (Lipinski definition) is 6. The van der Waals surface area contributed by atoms with Gasteiger partial charge in [0, 0.05) is 24.8 Å². The summed E-state index contributed by atoms with van der Waals surface area (Å²) >= 11 is 0. The summed E-state index contributed by atoms with van der Waals surface area (Å²) in [6.45, 7) is 3.41. The summed E-state index contributed by atoms with van der Waals surface area (Å²) in [5.41, 5.74) is 1.87. The average Bonchev–Trinajstić information content (AvgIpc) is 2.66. The van der Waals surface area contributed by atoms with Crippen molar-refractivity contribution < 1.29 is 17.9 Å². The van der Waals surface area contributed by atoms with E-state index >= 15 is 0 Å². The summed E-state index contributed by atoms with van der Waals surface area (Å²) < 4.78 is 31.1. The summed E-state index contributed by atoms with van der Waals surface area (Å²) in [4.78, 5) is 22.6. The zero-order valence-electron chi connectivity index (χ0n) is 15.3. The predicted molar refractivity (Wildman–Crippen MR) is 102 cm³/mol. The van der Waals surface area contributed by atoms with E-state index in [0.717, 1.165) is 16.1 Å². The molecule has 0 aliphatic carbocycles. The van der Waals surface area contributed by atoms with Crippen molar-refractivity contribution >= 4 is 21.6 Å². The second-order valence-corrected chi connectivity index (χ2v) is 8.21. The quantitative estimate of drug-likeness (QED) is 0.758. The first-order chi connectivity index (χ1) is 12.8. The molecule has 0 N–H and O–H groups in total. The molecule has 0 unspecified atom stereocenters. The second kappa shape index (κ2) is 8.01. The Morgan fingerprint density at radius 2 is 2.00 bits per heavy atom.